The Kier molecular flexibility index (Phi) is 4.51. The van der Waals surface area contributed by atoms with Crippen LogP contribution in [0.5, 0.6) is 0 Å². The van der Waals surface area contributed by atoms with E-state index in [1.165, 1.54) is 0 Å². The fourth-order valence-electron chi connectivity index (χ4n) is 3.87. The lowest BCUT2D eigenvalue weighted by Crippen LogP contribution is -2.57. The molecule has 1 atom stereocenters. The van der Waals surface area contributed by atoms with E-state index in [4.69, 9.17) is 5.73 Å². The molecule has 0 spiro atoms. The van der Waals surface area contributed by atoms with Gasteiger partial charge in [0.2, 0.25) is 5.91 Å². The molecule has 2 fully saturated rings. The molecular weight excluding hydrogens is 238 g/mol. The van der Waals surface area contributed by atoms with Crippen LogP contribution < -0.4 is 5.73 Å². The highest BCUT2D eigenvalue weighted by Gasteiger charge is 2.49. The summed E-state index contributed by atoms with van der Waals surface area (Å²) >= 11 is 0. The van der Waals surface area contributed by atoms with E-state index in [1.807, 2.05) is 0 Å². The number of carbonyl (C=O) groups is 1. The summed E-state index contributed by atoms with van der Waals surface area (Å²) in [6.07, 6.45) is 4.07. The van der Waals surface area contributed by atoms with Gasteiger partial charge < -0.3 is 15.5 Å². The molecule has 1 unspecified atom stereocenters. The second kappa shape index (κ2) is 5.80. The smallest absolute Gasteiger partial charge is 0.230 e. The van der Waals surface area contributed by atoms with Crippen LogP contribution in [-0.4, -0.2) is 55.0 Å². The van der Waals surface area contributed by atoms with E-state index in [1.54, 1.807) is 0 Å². The highest BCUT2D eigenvalue weighted by Crippen LogP contribution is 2.46. The van der Waals surface area contributed by atoms with Crippen molar-refractivity contribution in [3.05, 3.63) is 0 Å². The van der Waals surface area contributed by atoms with Gasteiger partial charge in [0.15, 0.2) is 0 Å². The monoisotopic (exact) mass is 267 g/mol. The lowest BCUT2D eigenvalue weighted by Gasteiger charge is -2.48. The summed E-state index contributed by atoms with van der Waals surface area (Å²) in [5.74, 6) is 0.984. The molecule has 0 aromatic heterocycles. The third-order valence-electron chi connectivity index (χ3n) is 4.96. The van der Waals surface area contributed by atoms with Crippen molar-refractivity contribution in [1.29, 1.82) is 0 Å². The van der Waals surface area contributed by atoms with Crippen LogP contribution in [0.15, 0.2) is 0 Å². The molecule has 0 bridgehead atoms. The van der Waals surface area contributed by atoms with E-state index in [0.717, 1.165) is 45.3 Å². The van der Waals surface area contributed by atoms with Gasteiger partial charge in [0.05, 0.1) is 5.41 Å². The van der Waals surface area contributed by atoms with Gasteiger partial charge in [-0.3, -0.25) is 4.79 Å². The predicted molar refractivity (Wildman–Crippen MR) is 77.8 cm³/mol. The minimum atomic E-state index is -0.240. The number of nitrogens with two attached hydrogens (primary N) is 1. The molecule has 1 heterocycles. The first-order chi connectivity index (χ1) is 9.02. The van der Waals surface area contributed by atoms with Crippen molar-refractivity contribution in [3.8, 4) is 0 Å². The number of hydrogen-bond donors (Lipinski definition) is 1. The van der Waals surface area contributed by atoms with Gasteiger partial charge in [-0.05, 0) is 45.2 Å². The van der Waals surface area contributed by atoms with Gasteiger partial charge in [0, 0.05) is 25.7 Å². The van der Waals surface area contributed by atoms with Crippen LogP contribution in [0.1, 0.15) is 39.5 Å². The van der Waals surface area contributed by atoms with Crippen molar-refractivity contribution in [1.82, 2.24) is 9.80 Å². The summed E-state index contributed by atoms with van der Waals surface area (Å²) in [7, 11) is 2.15. The first kappa shape index (κ1) is 14.8. The van der Waals surface area contributed by atoms with E-state index in [-0.39, 0.29) is 5.41 Å². The molecule has 1 aliphatic carbocycles. The van der Waals surface area contributed by atoms with Gasteiger partial charge in [-0.1, -0.05) is 13.8 Å². The van der Waals surface area contributed by atoms with Crippen molar-refractivity contribution in [2.24, 2.45) is 17.1 Å². The summed E-state index contributed by atoms with van der Waals surface area (Å²) in [4.78, 5) is 17.4. The molecule has 4 heteroatoms. The van der Waals surface area contributed by atoms with Crippen molar-refractivity contribution in [2.45, 2.75) is 45.6 Å². The van der Waals surface area contributed by atoms with Gasteiger partial charge in [0.25, 0.3) is 0 Å². The maximum absolute atomic E-state index is 12.9. The largest absolute Gasteiger partial charge is 0.338 e. The fourth-order valence-corrected chi connectivity index (χ4v) is 3.87. The fraction of sp³-hybridized carbons (Fsp3) is 0.933. The van der Waals surface area contributed by atoms with E-state index in [2.05, 4.69) is 30.7 Å². The molecule has 0 radical (unpaired) electrons. The minimum Gasteiger partial charge on any atom is -0.338 e. The Morgan fingerprint density at radius 2 is 2.05 bits per heavy atom. The van der Waals surface area contributed by atoms with E-state index in [9.17, 15) is 4.79 Å². The van der Waals surface area contributed by atoms with Crippen molar-refractivity contribution in [2.75, 3.05) is 33.2 Å². The highest BCUT2D eigenvalue weighted by atomic mass is 16.2. The quantitative estimate of drug-likeness (QED) is 0.838. The number of nitrogens with zero attached hydrogens (tertiary/aromatic N) is 2. The zero-order chi connectivity index (χ0) is 14.0. The van der Waals surface area contributed by atoms with Crippen molar-refractivity contribution in [3.63, 3.8) is 0 Å². The third kappa shape index (κ3) is 2.79. The summed E-state index contributed by atoms with van der Waals surface area (Å²) in [6.45, 7) is 7.90. The third-order valence-corrected chi connectivity index (χ3v) is 4.96. The van der Waals surface area contributed by atoms with Crippen LogP contribution in [0, 0.1) is 11.3 Å². The Hall–Kier alpha value is -0.610. The molecule has 0 aromatic carbocycles. The number of carbonyl (C=O) groups excluding carboxylic acids is 1. The average molecular weight is 267 g/mol. The Bertz CT molecular complexity index is 325. The number of rotatable bonds is 3. The summed E-state index contributed by atoms with van der Waals surface area (Å²) < 4.78 is 0. The van der Waals surface area contributed by atoms with Gasteiger partial charge in [-0.15, -0.1) is 0 Å². The molecule has 1 amide bonds. The zero-order valence-corrected chi connectivity index (χ0v) is 12.7. The Balaban J connectivity index is 2.11. The lowest BCUT2D eigenvalue weighted by molar-refractivity contribution is -0.152. The maximum Gasteiger partial charge on any atom is 0.230 e. The van der Waals surface area contributed by atoms with Crippen molar-refractivity contribution < 1.29 is 4.79 Å². The topological polar surface area (TPSA) is 49.6 Å². The summed E-state index contributed by atoms with van der Waals surface area (Å²) in [6, 6.07) is 0.360. The normalized spacial score (nSPS) is 36.7. The van der Waals surface area contributed by atoms with Gasteiger partial charge in [-0.25, -0.2) is 0 Å². The Morgan fingerprint density at radius 3 is 2.58 bits per heavy atom. The Labute approximate surface area is 117 Å². The van der Waals surface area contributed by atoms with Crippen LogP contribution in [0.3, 0.4) is 0 Å². The molecule has 2 N–H and O–H groups in total. The SMILES string of the molecule is CCC1CN(C)CCCN1C(=O)C1(CN)CC(C)C1. The second-order valence-electron chi connectivity index (χ2n) is 6.67. The van der Waals surface area contributed by atoms with E-state index in [0.29, 0.717) is 24.4 Å². The maximum atomic E-state index is 12.9. The van der Waals surface area contributed by atoms with Crippen LogP contribution in [0.25, 0.3) is 0 Å². The van der Waals surface area contributed by atoms with E-state index >= 15 is 0 Å². The second-order valence-corrected chi connectivity index (χ2v) is 6.67. The van der Waals surface area contributed by atoms with Gasteiger partial charge in [0.1, 0.15) is 0 Å². The molecule has 1 saturated carbocycles. The molecule has 2 aliphatic rings. The average Bonchev–Trinajstić information content (AvgIpc) is 2.55. The molecule has 19 heavy (non-hydrogen) atoms. The first-order valence-corrected chi connectivity index (χ1v) is 7.72. The van der Waals surface area contributed by atoms with Gasteiger partial charge >= 0.3 is 0 Å². The van der Waals surface area contributed by atoms with Crippen LogP contribution in [0.4, 0.5) is 0 Å². The predicted octanol–water partition coefficient (Wildman–Crippen LogP) is 1.30. The summed E-state index contributed by atoms with van der Waals surface area (Å²) in [5.41, 5.74) is 5.69. The number of hydrogen-bond acceptors (Lipinski definition) is 3. The first-order valence-electron chi connectivity index (χ1n) is 7.72. The van der Waals surface area contributed by atoms with E-state index < -0.39 is 0 Å². The summed E-state index contributed by atoms with van der Waals surface area (Å²) in [5, 5.41) is 0. The Morgan fingerprint density at radius 1 is 1.37 bits per heavy atom. The molecule has 4 nitrogen and oxygen atoms in total. The highest BCUT2D eigenvalue weighted by molar-refractivity contribution is 5.84. The number of amides is 1. The number of likely N-dealkylation sites (N-methyl/N-ethyl adjacent to an activating group) is 1. The molecule has 1 saturated heterocycles. The van der Waals surface area contributed by atoms with Crippen LogP contribution >= 0.6 is 0 Å². The molecule has 1 aliphatic heterocycles. The van der Waals surface area contributed by atoms with Gasteiger partial charge in [-0.2, -0.15) is 0 Å². The molecule has 2 rings (SSSR count). The lowest BCUT2D eigenvalue weighted by atomic mass is 9.61. The van der Waals surface area contributed by atoms with Crippen molar-refractivity contribution >= 4 is 5.91 Å². The minimum absolute atomic E-state index is 0.240. The standard InChI is InChI=1S/C15H29N3O/c1-4-13-10-17(3)6-5-7-18(13)14(19)15(11-16)8-12(2)9-15/h12-13H,4-11,16H2,1-3H3. The van der Waals surface area contributed by atoms with Crippen LogP contribution in [0.2, 0.25) is 0 Å². The van der Waals surface area contributed by atoms with Crippen LogP contribution in [-0.2, 0) is 4.79 Å². The molecule has 0 aromatic rings. The molecule has 110 valence electrons. The zero-order valence-electron chi connectivity index (χ0n) is 12.7. The molecular formula is C15H29N3O.